The van der Waals surface area contributed by atoms with Crippen molar-refractivity contribution in [3.63, 3.8) is 0 Å². The lowest BCUT2D eigenvalue weighted by Gasteiger charge is -2.27. The van der Waals surface area contributed by atoms with Crippen LogP contribution in [-0.2, 0) is 20.6 Å². The summed E-state index contributed by atoms with van der Waals surface area (Å²) < 4.78 is 34.0. The lowest BCUT2D eigenvalue weighted by molar-refractivity contribution is 0.0223. The third kappa shape index (κ3) is 7.34. The fourth-order valence-electron chi connectivity index (χ4n) is 5.00. The van der Waals surface area contributed by atoms with Crippen molar-refractivity contribution in [3.8, 4) is 23.0 Å². The summed E-state index contributed by atoms with van der Waals surface area (Å²) in [4.78, 5) is 0. The van der Waals surface area contributed by atoms with Crippen LogP contribution < -0.4 is 30.4 Å². The van der Waals surface area contributed by atoms with Gasteiger partial charge in [-0.2, -0.15) is 0 Å². The van der Waals surface area contributed by atoms with Crippen LogP contribution in [0.25, 0.3) is 0 Å². The van der Waals surface area contributed by atoms with Crippen LogP contribution in [0.1, 0.15) is 43.0 Å². The topological polar surface area (TPSA) is 114 Å². The zero-order valence-electron chi connectivity index (χ0n) is 25.4. The third-order valence-corrected chi connectivity index (χ3v) is 8.10. The molecule has 0 saturated carbocycles. The molecule has 2 saturated heterocycles. The first-order chi connectivity index (χ1) is 21.2. The number of epoxide rings is 2. The molecule has 2 heterocycles. The Morgan fingerprint density at radius 3 is 1.25 bits per heavy atom. The van der Waals surface area contributed by atoms with Gasteiger partial charge in [-0.3, -0.25) is 0 Å². The Morgan fingerprint density at radius 2 is 0.909 bits per heavy atom. The quantitative estimate of drug-likeness (QED) is 0.145. The van der Waals surface area contributed by atoms with Gasteiger partial charge >= 0.3 is 0 Å². The van der Waals surface area contributed by atoms with E-state index < -0.39 is 12.0 Å². The molecule has 44 heavy (non-hydrogen) atoms. The largest absolute Gasteiger partial charge is 0.491 e. The molecule has 2 fully saturated rings. The predicted octanol–water partition coefficient (Wildman–Crippen LogP) is 5.49. The predicted molar refractivity (Wildman–Crippen MR) is 168 cm³/mol. The molecule has 0 aromatic heterocycles. The van der Waals surface area contributed by atoms with Gasteiger partial charge < -0.3 is 39.9 Å². The van der Waals surface area contributed by atoms with E-state index in [-0.39, 0.29) is 17.6 Å². The Morgan fingerprint density at radius 1 is 0.591 bits per heavy atom. The SMILES string of the molecule is CC(Oc1ccc(C(C)(C)c2ccc(OCC3CO3)cc2)cc1)Oc1ccc(C(N)(N)c2ccc(OCC3CO3)cc2)cc1. The number of hydrogen-bond donors (Lipinski definition) is 2. The molecule has 8 nitrogen and oxygen atoms in total. The first kappa shape index (κ1) is 30.0. The van der Waals surface area contributed by atoms with Crippen molar-refractivity contribution in [2.45, 2.75) is 50.3 Å². The van der Waals surface area contributed by atoms with E-state index in [2.05, 4.69) is 38.1 Å². The number of rotatable bonds is 14. The highest BCUT2D eigenvalue weighted by Crippen LogP contribution is 2.34. The second-order valence-electron chi connectivity index (χ2n) is 11.9. The lowest BCUT2D eigenvalue weighted by atomic mass is 9.78. The van der Waals surface area contributed by atoms with Gasteiger partial charge in [0.1, 0.15) is 54.1 Å². The second-order valence-corrected chi connectivity index (χ2v) is 11.9. The summed E-state index contributed by atoms with van der Waals surface area (Å²) in [7, 11) is 0. The Labute approximate surface area is 258 Å². The molecule has 4 aromatic carbocycles. The highest BCUT2D eigenvalue weighted by atomic mass is 16.7. The summed E-state index contributed by atoms with van der Waals surface area (Å²) in [6, 6.07) is 31.3. The van der Waals surface area contributed by atoms with E-state index in [4.69, 9.17) is 39.9 Å². The number of nitrogens with two attached hydrogens (primary N) is 2. The van der Waals surface area contributed by atoms with Gasteiger partial charge in [-0.25, -0.2) is 0 Å². The molecule has 8 heteroatoms. The Bertz CT molecular complexity index is 1390. The highest BCUT2D eigenvalue weighted by Gasteiger charge is 2.27. The number of ether oxygens (including phenoxy) is 6. The molecule has 4 aromatic rings. The first-order valence-electron chi connectivity index (χ1n) is 15.0. The van der Waals surface area contributed by atoms with Gasteiger partial charge in [0.05, 0.1) is 13.2 Å². The summed E-state index contributed by atoms with van der Waals surface area (Å²) in [6.07, 6.45) is -0.0678. The summed E-state index contributed by atoms with van der Waals surface area (Å²) in [5.74, 6) is 2.98. The molecule has 4 N–H and O–H groups in total. The summed E-state index contributed by atoms with van der Waals surface area (Å²) in [5.41, 5.74) is 15.6. The fraction of sp³-hybridized carbons (Fsp3) is 0.333. The minimum absolute atomic E-state index is 0.191. The van der Waals surface area contributed by atoms with Crippen LogP contribution in [-0.4, -0.2) is 44.9 Å². The first-order valence-corrected chi connectivity index (χ1v) is 15.0. The minimum atomic E-state index is -1.17. The average molecular weight is 597 g/mol. The lowest BCUT2D eigenvalue weighted by Crippen LogP contribution is -2.47. The van der Waals surface area contributed by atoms with Crippen molar-refractivity contribution < 1.29 is 28.4 Å². The van der Waals surface area contributed by atoms with Crippen LogP contribution in [0.4, 0.5) is 0 Å². The van der Waals surface area contributed by atoms with Gasteiger partial charge in [-0.05, 0) is 70.8 Å². The van der Waals surface area contributed by atoms with Crippen LogP contribution in [0.2, 0.25) is 0 Å². The van der Waals surface area contributed by atoms with Crippen molar-refractivity contribution in [3.05, 3.63) is 119 Å². The second kappa shape index (κ2) is 12.5. The monoisotopic (exact) mass is 596 g/mol. The summed E-state index contributed by atoms with van der Waals surface area (Å²) >= 11 is 0. The van der Waals surface area contributed by atoms with E-state index in [1.807, 2.05) is 79.7 Å². The molecule has 0 bridgehead atoms. The maximum atomic E-state index is 6.55. The molecule has 3 unspecified atom stereocenters. The van der Waals surface area contributed by atoms with E-state index in [9.17, 15) is 0 Å². The van der Waals surface area contributed by atoms with Crippen molar-refractivity contribution in [1.29, 1.82) is 0 Å². The fourth-order valence-corrected chi connectivity index (χ4v) is 5.00. The van der Waals surface area contributed by atoms with Gasteiger partial charge in [0.25, 0.3) is 0 Å². The maximum absolute atomic E-state index is 6.55. The molecule has 3 atom stereocenters. The molecule has 230 valence electrons. The normalized spacial score (nSPS) is 18.3. The Hall–Kier alpha value is -4.08. The van der Waals surface area contributed by atoms with E-state index >= 15 is 0 Å². The maximum Gasteiger partial charge on any atom is 0.238 e. The molecule has 0 spiro atoms. The zero-order chi connectivity index (χ0) is 30.7. The standard InChI is InChI=1S/C36H40N2O6/c1-24(43-31-16-6-26(7-17-31)35(2,3)25-4-12-29(13-5-25)39-20-33-22-41-33)44-32-18-10-28(11-19-32)36(37,38)27-8-14-30(15-9-27)40-21-34-23-42-34/h4-19,24,33-34H,20-23,37-38H2,1-3H3. The Kier molecular flexibility index (Phi) is 8.51. The average Bonchev–Trinajstić information content (AvgIpc) is 3.96. The van der Waals surface area contributed by atoms with E-state index in [1.165, 1.54) is 11.1 Å². The number of hydrogen-bond acceptors (Lipinski definition) is 8. The molecule has 0 amide bonds. The van der Waals surface area contributed by atoms with Crippen LogP contribution in [0, 0.1) is 0 Å². The third-order valence-electron chi connectivity index (χ3n) is 8.10. The molecule has 2 aliphatic rings. The van der Waals surface area contributed by atoms with Gasteiger partial charge in [0, 0.05) is 12.3 Å². The molecule has 6 rings (SSSR count). The summed E-state index contributed by atoms with van der Waals surface area (Å²) in [5, 5.41) is 0. The smallest absolute Gasteiger partial charge is 0.238 e. The van der Waals surface area contributed by atoms with Crippen LogP contribution in [0.3, 0.4) is 0 Å². The van der Waals surface area contributed by atoms with Crippen molar-refractivity contribution in [2.24, 2.45) is 11.5 Å². The van der Waals surface area contributed by atoms with E-state index in [0.29, 0.717) is 19.0 Å². The molecular formula is C36H40N2O6. The van der Waals surface area contributed by atoms with Crippen LogP contribution in [0.15, 0.2) is 97.1 Å². The van der Waals surface area contributed by atoms with Crippen molar-refractivity contribution in [2.75, 3.05) is 26.4 Å². The summed E-state index contributed by atoms with van der Waals surface area (Å²) in [6.45, 7) is 8.97. The van der Waals surface area contributed by atoms with Crippen molar-refractivity contribution >= 4 is 0 Å². The Balaban J connectivity index is 1.02. The molecule has 0 radical (unpaired) electrons. The van der Waals surface area contributed by atoms with Gasteiger partial charge in [-0.1, -0.05) is 62.4 Å². The van der Waals surface area contributed by atoms with Crippen LogP contribution >= 0.6 is 0 Å². The minimum Gasteiger partial charge on any atom is -0.491 e. The molecule has 0 aliphatic carbocycles. The van der Waals surface area contributed by atoms with Crippen LogP contribution in [0.5, 0.6) is 23.0 Å². The van der Waals surface area contributed by atoms with Gasteiger partial charge in [0.15, 0.2) is 0 Å². The zero-order valence-corrected chi connectivity index (χ0v) is 25.4. The van der Waals surface area contributed by atoms with E-state index in [1.54, 1.807) is 0 Å². The number of benzene rings is 4. The van der Waals surface area contributed by atoms with E-state index in [0.717, 1.165) is 41.6 Å². The van der Waals surface area contributed by atoms with Gasteiger partial charge in [0.2, 0.25) is 6.29 Å². The molecular weight excluding hydrogens is 556 g/mol. The highest BCUT2D eigenvalue weighted by molar-refractivity contribution is 5.43. The molecule has 2 aliphatic heterocycles. The van der Waals surface area contributed by atoms with Crippen molar-refractivity contribution in [1.82, 2.24) is 0 Å². The van der Waals surface area contributed by atoms with Gasteiger partial charge in [-0.15, -0.1) is 0 Å².